The molecule has 1 aliphatic heterocycles. The van der Waals surface area contributed by atoms with Crippen molar-refractivity contribution in [1.82, 2.24) is 4.90 Å². The summed E-state index contributed by atoms with van der Waals surface area (Å²) < 4.78 is 0. The Balaban J connectivity index is 2.15. The van der Waals surface area contributed by atoms with Crippen molar-refractivity contribution in [1.29, 1.82) is 0 Å². The normalized spacial score (nSPS) is 19.6. The average Bonchev–Trinajstić information content (AvgIpc) is 2.53. The first-order valence-corrected chi connectivity index (χ1v) is 6.52. The van der Waals surface area contributed by atoms with E-state index in [9.17, 15) is 10.2 Å². The molecule has 1 unspecified atom stereocenters. The van der Waals surface area contributed by atoms with Crippen LogP contribution in [-0.2, 0) is 0 Å². The Morgan fingerprint density at radius 1 is 1.17 bits per heavy atom. The van der Waals surface area contributed by atoms with E-state index in [2.05, 4.69) is 16.8 Å². The molecule has 0 amide bonds. The second-order valence-corrected chi connectivity index (χ2v) is 5.06. The summed E-state index contributed by atoms with van der Waals surface area (Å²) in [5.74, 6) is 0.181. The van der Waals surface area contributed by atoms with Crippen molar-refractivity contribution < 1.29 is 10.2 Å². The predicted molar refractivity (Wildman–Crippen MR) is 73.1 cm³/mol. The van der Waals surface area contributed by atoms with Gasteiger partial charge in [0.1, 0.15) is 5.75 Å². The number of likely N-dealkylation sites (N-methyl/N-ethyl adjacent to an activating group) is 1. The number of phenols is 1. The number of aromatic hydroxyl groups is 1. The van der Waals surface area contributed by atoms with Crippen molar-refractivity contribution in [3.63, 3.8) is 0 Å². The summed E-state index contributed by atoms with van der Waals surface area (Å²) in [6.45, 7) is 5.81. The minimum atomic E-state index is -0.630. The van der Waals surface area contributed by atoms with E-state index >= 15 is 0 Å². The molecule has 1 fully saturated rings. The van der Waals surface area contributed by atoms with Crippen molar-refractivity contribution in [3.8, 4) is 5.75 Å². The Hall–Kier alpha value is -1.26. The van der Waals surface area contributed by atoms with Gasteiger partial charge in [-0.1, -0.05) is 6.07 Å². The van der Waals surface area contributed by atoms with E-state index in [1.165, 1.54) is 0 Å². The topological polar surface area (TPSA) is 46.9 Å². The van der Waals surface area contributed by atoms with E-state index < -0.39 is 6.10 Å². The Morgan fingerprint density at radius 3 is 2.61 bits per heavy atom. The molecule has 1 saturated heterocycles. The Bertz CT molecular complexity index is 407. The molecule has 0 aliphatic carbocycles. The largest absolute Gasteiger partial charge is 0.507 e. The van der Waals surface area contributed by atoms with E-state index in [4.69, 9.17) is 0 Å². The summed E-state index contributed by atoms with van der Waals surface area (Å²) in [5, 5.41) is 19.4. The van der Waals surface area contributed by atoms with Crippen LogP contribution in [0.1, 0.15) is 25.0 Å². The fraction of sp³-hybridized carbons (Fsp3) is 0.571. The summed E-state index contributed by atoms with van der Waals surface area (Å²) in [6, 6.07) is 5.55. The highest BCUT2D eigenvalue weighted by molar-refractivity contribution is 5.54. The maximum atomic E-state index is 9.92. The average molecular weight is 250 g/mol. The summed E-state index contributed by atoms with van der Waals surface area (Å²) in [4.78, 5) is 4.61. The van der Waals surface area contributed by atoms with Crippen LogP contribution in [0.25, 0.3) is 0 Å². The predicted octanol–water partition coefficient (Wildman–Crippen LogP) is 1.59. The zero-order valence-electron chi connectivity index (χ0n) is 11.1. The number of benzene rings is 1. The van der Waals surface area contributed by atoms with Gasteiger partial charge in [-0.05, 0) is 33.0 Å². The molecule has 4 heteroatoms. The summed E-state index contributed by atoms with van der Waals surface area (Å²) in [7, 11) is 2.14. The van der Waals surface area contributed by atoms with Crippen LogP contribution in [0.5, 0.6) is 5.75 Å². The molecule has 1 heterocycles. The van der Waals surface area contributed by atoms with E-state index in [0.717, 1.165) is 38.3 Å². The zero-order chi connectivity index (χ0) is 13.1. The molecule has 4 nitrogen and oxygen atoms in total. The SMILES string of the molecule is CC(O)c1ccc(N2CCCN(C)CC2)cc1O. The monoisotopic (exact) mass is 250 g/mol. The molecule has 1 atom stereocenters. The number of anilines is 1. The molecule has 18 heavy (non-hydrogen) atoms. The fourth-order valence-corrected chi connectivity index (χ4v) is 2.39. The van der Waals surface area contributed by atoms with E-state index in [0.29, 0.717) is 5.56 Å². The second kappa shape index (κ2) is 5.59. The third kappa shape index (κ3) is 2.94. The van der Waals surface area contributed by atoms with Gasteiger partial charge in [0.25, 0.3) is 0 Å². The molecular weight excluding hydrogens is 228 g/mol. The van der Waals surface area contributed by atoms with Gasteiger partial charge in [0.05, 0.1) is 6.10 Å². The number of rotatable bonds is 2. The number of phenolic OH excluding ortho intramolecular Hbond substituents is 1. The van der Waals surface area contributed by atoms with Gasteiger partial charge in [-0.25, -0.2) is 0 Å². The molecule has 1 aliphatic rings. The van der Waals surface area contributed by atoms with Crippen LogP contribution >= 0.6 is 0 Å². The van der Waals surface area contributed by atoms with Gasteiger partial charge < -0.3 is 20.0 Å². The quantitative estimate of drug-likeness (QED) is 0.837. The third-order valence-corrected chi connectivity index (χ3v) is 3.55. The lowest BCUT2D eigenvalue weighted by Crippen LogP contribution is -2.28. The van der Waals surface area contributed by atoms with Crippen molar-refractivity contribution in [2.24, 2.45) is 0 Å². The number of aliphatic hydroxyl groups excluding tert-OH is 1. The molecule has 0 saturated carbocycles. The van der Waals surface area contributed by atoms with Crippen molar-refractivity contribution in [2.75, 3.05) is 38.1 Å². The standard InChI is InChI=1S/C14H22N2O2/c1-11(17)13-5-4-12(10-14(13)18)16-7-3-6-15(2)8-9-16/h4-5,10-11,17-18H,3,6-9H2,1-2H3. The van der Waals surface area contributed by atoms with Gasteiger partial charge in [0.15, 0.2) is 0 Å². The van der Waals surface area contributed by atoms with Crippen LogP contribution in [0.4, 0.5) is 5.69 Å². The van der Waals surface area contributed by atoms with Gasteiger partial charge in [-0.3, -0.25) is 0 Å². The van der Waals surface area contributed by atoms with Crippen molar-refractivity contribution >= 4 is 5.69 Å². The first-order chi connectivity index (χ1) is 8.58. The number of aliphatic hydroxyl groups is 1. The maximum absolute atomic E-state index is 9.92. The van der Waals surface area contributed by atoms with Gasteiger partial charge in [-0.2, -0.15) is 0 Å². The highest BCUT2D eigenvalue weighted by Crippen LogP contribution is 2.29. The van der Waals surface area contributed by atoms with Crippen molar-refractivity contribution in [3.05, 3.63) is 23.8 Å². The Kier molecular flexibility index (Phi) is 4.09. The molecule has 1 aromatic carbocycles. The second-order valence-electron chi connectivity index (χ2n) is 5.06. The van der Waals surface area contributed by atoms with E-state index in [1.54, 1.807) is 13.0 Å². The van der Waals surface area contributed by atoms with Gasteiger partial charge >= 0.3 is 0 Å². The van der Waals surface area contributed by atoms with Crippen LogP contribution in [-0.4, -0.2) is 48.3 Å². The molecule has 2 N–H and O–H groups in total. The van der Waals surface area contributed by atoms with Crippen LogP contribution in [0.15, 0.2) is 18.2 Å². The number of nitrogens with zero attached hydrogens (tertiary/aromatic N) is 2. The zero-order valence-corrected chi connectivity index (χ0v) is 11.1. The summed E-state index contributed by atoms with van der Waals surface area (Å²) in [6.07, 6.45) is 0.504. The molecule has 1 aromatic rings. The molecular formula is C14H22N2O2. The maximum Gasteiger partial charge on any atom is 0.123 e. The van der Waals surface area contributed by atoms with E-state index in [1.807, 2.05) is 12.1 Å². The Labute approximate surface area is 108 Å². The van der Waals surface area contributed by atoms with Gasteiger partial charge in [-0.15, -0.1) is 0 Å². The molecule has 0 bridgehead atoms. The molecule has 0 aromatic heterocycles. The first kappa shape index (κ1) is 13.2. The van der Waals surface area contributed by atoms with E-state index in [-0.39, 0.29) is 5.75 Å². The molecule has 0 radical (unpaired) electrons. The molecule has 0 spiro atoms. The summed E-state index contributed by atoms with van der Waals surface area (Å²) >= 11 is 0. The van der Waals surface area contributed by atoms with Gasteiger partial charge in [0.2, 0.25) is 0 Å². The van der Waals surface area contributed by atoms with Crippen LogP contribution in [0.3, 0.4) is 0 Å². The fourth-order valence-electron chi connectivity index (χ4n) is 2.39. The smallest absolute Gasteiger partial charge is 0.123 e. The minimum Gasteiger partial charge on any atom is -0.507 e. The van der Waals surface area contributed by atoms with Crippen LogP contribution in [0.2, 0.25) is 0 Å². The van der Waals surface area contributed by atoms with Crippen molar-refractivity contribution in [2.45, 2.75) is 19.4 Å². The minimum absolute atomic E-state index is 0.181. The number of hydrogen-bond donors (Lipinski definition) is 2. The highest BCUT2D eigenvalue weighted by atomic mass is 16.3. The third-order valence-electron chi connectivity index (χ3n) is 3.55. The lowest BCUT2D eigenvalue weighted by atomic mass is 10.1. The summed E-state index contributed by atoms with van der Waals surface area (Å²) in [5.41, 5.74) is 1.62. The molecule has 2 rings (SSSR count). The van der Waals surface area contributed by atoms with Crippen LogP contribution in [0, 0.1) is 0 Å². The van der Waals surface area contributed by atoms with Crippen LogP contribution < -0.4 is 4.90 Å². The molecule has 100 valence electrons. The van der Waals surface area contributed by atoms with Gasteiger partial charge in [0, 0.05) is 37.0 Å². The highest BCUT2D eigenvalue weighted by Gasteiger charge is 2.15. The number of hydrogen-bond acceptors (Lipinski definition) is 4. The lowest BCUT2D eigenvalue weighted by molar-refractivity contribution is 0.195. The lowest BCUT2D eigenvalue weighted by Gasteiger charge is -2.23. The first-order valence-electron chi connectivity index (χ1n) is 6.52. The Morgan fingerprint density at radius 2 is 1.94 bits per heavy atom.